The van der Waals surface area contributed by atoms with E-state index in [9.17, 15) is 9.59 Å². The number of hydrogen-bond donors (Lipinski definition) is 1. The predicted octanol–water partition coefficient (Wildman–Crippen LogP) is 1.04. The second kappa shape index (κ2) is 5.31. The zero-order valence-electron chi connectivity index (χ0n) is 10.7. The van der Waals surface area contributed by atoms with E-state index in [1.54, 1.807) is 11.8 Å². The molecule has 96 valence electrons. The Morgan fingerprint density at radius 1 is 1.12 bits per heavy atom. The summed E-state index contributed by atoms with van der Waals surface area (Å²) in [6.45, 7) is 7.82. The molecule has 0 unspecified atom stereocenters. The third-order valence-corrected chi connectivity index (χ3v) is 2.91. The van der Waals surface area contributed by atoms with Crippen LogP contribution in [-0.2, 0) is 14.3 Å². The minimum atomic E-state index is -1.05. The fourth-order valence-corrected chi connectivity index (χ4v) is 1.90. The van der Waals surface area contributed by atoms with E-state index < -0.39 is 5.97 Å². The summed E-state index contributed by atoms with van der Waals surface area (Å²) in [6, 6.07) is 0. The third-order valence-electron chi connectivity index (χ3n) is 2.91. The van der Waals surface area contributed by atoms with Gasteiger partial charge in [0.1, 0.15) is 0 Å². The van der Waals surface area contributed by atoms with Crippen molar-refractivity contribution in [2.45, 2.75) is 39.9 Å². The minimum absolute atomic E-state index is 0.0133. The van der Waals surface area contributed by atoms with E-state index in [1.807, 2.05) is 13.8 Å². The molecule has 5 nitrogen and oxygen atoms in total. The summed E-state index contributed by atoms with van der Waals surface area (Å²) in [7, 11) is 0. The van der Waals surface area contributed by atoms with Gasteiger partial charge in [0.25, 0.3) is 0 Å². The number of hydrogen-bond acceptors (Lipinski definition) is 3. The lowest BCUT2D eigenvalue weighted by atomic mass is 10.1. The van der Waals surface area contributed by atoms with E-state index in [0.717, 1.165) is 0 Å². The van der Waals surface area contributed by atoms with Crippen molar-refractivity contribution in [3.05, 3.63) is 11.1 Å². The number of ether oxygens (including phenoxy) is 1. The number of carbonyl (C=O) groups excluding carboxylic acids is 1. The smallest absolute Gasteiger partial charge is 0.331 e. The molecular formula is C12H19NO4. The Morgan fingerprint density at radius 2 is 1.59 bits per heavy atom. The zero-order chi connectivity index (χ0) is 13.2. The molecule has 0 radical (unpaired) electrons. The number of morpholine rings is 1. The molecular weight excluding hydrogens is 222 g/mol. The highest BCUT2D eigenvalue weighted by atomic mass is 16.5. The zero-order valence-corrected chi connectivity index (χ0v) is 10.7. The molecule has 0 aliphatic carbocycles. The lowest BCUT2D eigenvalue weighted by Gasteiger charge is -2.35. The van der Waals surface area contributed by atoms with Crippen molar-refractivity contribution in [3.63, 3.8) is 0 Å². The maximum atomic E-state index is 12.1. The van der Waals surface area contributed by atoms with Crippen LogP contribution in [0.5, 0.6) is 0 Å². The van der Waals surface area contributed by atoms with Gasteiger partial charge in [-0.25, -0.2) is 4.79 Å². The quantitative estimate of drug-likeness (QED) is 0.734. The van der Waals surface area contributed by atoms with Crippen molar-refractivity contribution in [1.82, 2.24) is 4.90 Å². The summed E-state index contributed by atoms with van der Waals surface area (Å²) in [5.41, 5.74) is 0.389. The van der Waals surface area contributed by atoms with Gasteiger partial charge in [-0.3, -0.25) is 4.79 Å². The van der Waals surface area contributed by atoms with Gasteiger partial charge in [-0.15, -0.1) is 0 Å². The van der Waals surface area contributed by atoms with Crippen LogP contribution in [0.15, 0.2) is 11.1 Å². The topological polar surface area (TPSA) is 66.8 Å². The average molecular weight is 241 g/mol. The molecule has 0 bridgehead atoms. The van der Waals surface area contributed by atoms with Gasteiger partial charge in [-0.2, -0.15) is 0 Å². The number of nitrogens with zero attached hydrogens (tertiary/aromatic N) is 1. The first-order valence-corrected chi connectivity index (χ1v) is 5.68. The van der Waals surface area contributed by atoms with E-state index in [0.29, 0.717) is 18.7 Å². The lowest BCUT2D eigenvalue weighted by Crippen LogP contribution is -2.48. The Bertz CT molecular complexity index is 352. The molecule has 1 amide bonds. The van der Waals surface area contributed by atoms with Crippen LogP contribution in [-0.4, -0.2) is 47.2 Å². The van der Waals surface area contributed by atoms with Crippen molar-refractivity contribution in [2.24, 2.45) is 0 Å². The first-order chi connectivity index (χ1) is 7.82. The van der Waals surface area contributed by atoms with Crippen LogP contribution in [0.4, 0.5) is 0 Å². The van der Waals surface area contributed by atoms with Gasteiger partial charge >= 0.3 is 5.97 Å². The minimum Gasteiger partial charge on any atom is -0.478 e. The fraction of sp³-hybridized carbons (Fsp3) is 0.667. The number of amides is 1. The Labute approximate surface area is 101 Å². The van der Waals surface area contributed by atoms with Crippen LogP contribution in [0.25, 0.3) is 0 Å². The number of carbonyl (C=O) groups is 2. The number of rotatable bonds is 2. The van der Waals surface area contributed by atoms with Crippen LogP contribution in [0, 0.1) is 0 Å². The Morgan fingerprint density at radius 3 is 2.00 bits per heavy atom. The molecule has 1 heterocycles. The van der Waals surface area contributed by atoms with Crippen LogP contribution in [0.1, 0.15) is 27.7 Å². The van der Waals surface area contributed by atoms with Crippen molar-refractivity contribution >= 4 is 11.9 Å². The second-order valence-corrected chi connectivity index (χ2v) is 4.52. The van der Waals surface area contributed by atoms with Gasteiger partial charge in [0.2, 0.25) is 5.91 Å². The molecule has 1 saturated heterocycles. The summed E-state index contributed by atoms with van der Waals surface area (Å²) in [6.07, 6.45) is -0.0266. The van der Waals surface area contributed by atoms with Crippen LogP contribution < -0.4 is 0 Å². The maximum Gasteiger partial charge on any atom is 0.331 e. The number of carboxylic acid groups (broad SMARTS) is 1. The largest absolute Gasteiger partial charge is 0.478 e. The summed E-state index contributed by atoms with van der Waals surface area (Å²) in [5.74, 6) is -1.27. The molecule has 0 spiro atoms. The molecule has 1 N–H and O–H groups in total. The lowest BCUT2D eigenvalue weighted by molar-refractivity contribution is -0.140. The van der Waals surface area contributed by atoms with E-state index >= 15 is 0 Å². The van der Waals surface area contributed by atoms with Crippen molar-refractivity contribution in [1.29, 1.82) is 0 Å². The number of carboxylic acids is 1. The van der Waals surface area contributed by atoms with Crippen molar-refractivity contribution in [3.8, 4) is 0 Å². The van der Waals surface area contributed by atoms with Gasteiger partial charge in [-0.1, -0.05) is 0 Å². The van der Waals surface area contributed by atoms with Gasteiger partial charge in [-0.05, 0) is 27.7 Å². The molecule has 1 rings (SSSR count). The number of aliphatic carboxylic acids is 1. The average Bonchev–Trinajstić information content (AvgIpc) is 2.24. The highest BCUT2D eigenvalue weighted by molar-refractivity contribution is 6.01. The first-order valence-electron chi connectivity index (χ1n) is 5.68. The molecule has 1 fully saturated rings. The highest BCUT2D eigenvalue weighted by Gasteiger charge is 2.27. The van der Waals surface area contributed by atoms with E-state index in [4.69, 9.17) is 9.84 Å². The molecule has 5 heteroatoms. The third kappa shape index (κ3) is 3.30. The van der Waals surface area contributed by atoms with Crippen LogP contribution in [0.3, 0.4) is 0 Å². The summed E-state index contributed by atoms with van der Waals surface area (Å²) < 4.78 is 5.53. The summed E-state index contributed by atoms with van der Waals surface area (Å²) >= 11 is 0. The SMILES string of the molecule is CC(C(=O)O)=C(C)C(=O)N1C[C@@H](C)O[C@@H](C)C1. The van der Waals surface area contributed by atoms with Gasteiger partial charge in [0, 0.05) is 24.2 Å². The summed E-state index contributed by atoms with van der Waals surface area (Å²) in [5, 5.41) is 8.85. The normalized spacial score (nSPS) is 26.5. The molecule has 0 aromatic carbocycles. The molecule has 0 saturated carbocycles. The highest BCUT2D eigenvalue weighted by Crippen LogP contribution is 2.15. The van der Waals surface area contributed by atoms with Crippen LogP contribution >= 0.6 is 0 Å². The molecule has 1 aliphatic heterocycles. The van der Waals surface area contributed by atoms with E-state index in [-0.39, 0.29) is 23.7 Å². The van der Waals surface area contributed by atoms with Crippen molar-refractivity contribution in [2.75, 3.05) is 13.1 Å². The first kappa shape index (κ1) is 13.7. The molecule has 2 atom stereocenters. The molecule has 17 heavy (non-hydrogen) atoms. The second-order valence-electron chi connectivity index (χ2n) is 4.52. The monoisotopic (exact) mass is 241 g/mol. The Balaban J connectivity index is 2.83. The Kier molecular flexibility index (Phi) is 4.28. The maximum absolute atomic E-state index is 12.1. The Hall–Kier alpha value is -1.36. The predicted molar refractivity (Wildman–Crippen MR) is 62.6 cm³/mol. The van der Waals surface area contributed by atoms with E-state index in [1.165, 1.54) is 6.92 Å². The van der Waals surface area contributed by atoms with Crippen molar-refractivity contribution < 1.29 is 19.4 Å². The fourth-order valence-electron chi connectivity index (χ4n) is 1.90. The standard InChI is InChI=1S/C12H19NO4/c1-7-5-13(6-8(2)17-7)11(14)9(3)10(4)12(15)16/h7-8H,5-6H2,1-4H3,(H,15,16)/t7-,8+. The van der Waals surface area contributed by atoms with Gasteiger partial charge in [0.05, 0.1) is 12.2 Å². The van der Waals surface area contributed by atoms with E-state index in [2.05, 4.69) is 0 Å². The van der Waals surface area contributed by atoms with Crippen LogP contribution in [0.2, 0.25) is 0 Å². The molecule has 1 aliphatic rings. The molecule has 0 aromatic rings. The summed E-state index contributed by atoms with van der Waals surface area (Å²) in [4.78, 5) is 24.5. The van der Waals surface area contributed by atoms with Gasteiger partial charge in [0.15, 0.2) is 0 Å². The van der Waals surface area contributed by atoms with Gasteiger partial charge < -0.3 is 14.7 Å². The molecule has 0 aromatic heterocycles.